The first-order valence-electron chi connectivity index (χ1n) is 8.34. The molecule has 0 saturated carbocycles. The summed E-state index contributed by atoms with van der Waals surface area (Å²) >= 11 is 0. The van der Waals surface area contributed by atoms with Crippen molar-refractivity contribution >= 4 is 28.9 Å². The molecule has 7 heteroatoms. The number of fused-ring (bicyclic) bond motifs is 1. The first-order chi connectivity index (χ1) is 11.5. The number of rotatable bonds is 3. The minimum atomic E-state index is -0.218. The number of nitrogens with one attached hydrogen (secondary N) is 3. The Kier molecular flexibility index (Phi) is 4.69. The van der Waals surface area contributed by atoms with Crippen LogP contribution in [0.1, 0.15) is 26.7 Å². The average Bonchev–Trinajstić information content (AvgIpc) is 2.96. The van der Waals surface area contributed by atoms with E-state index >= 15 is 0 Å². The van der Waals surface area contributed by atoms with Gasteiger partial charge in [0.1, 0.15) is 0 Å². The first kappa shape index (κ1) is 16.3. The number of aromatic nitrogens is 2. The van der Waals surface area contributed by atoms with E-state index in [9.17, 15) is 9.59 Å². The number of nitrogens with zero attached hydrogens (tertiary/aromatic N) is 2. The summed E-state index contributed by atoms with van der Waals surface area (Å²) in [5.41, 5.74) is 1.70. The Morgan fingerprint density at radius 3 is 2.88 bits per heavy atom. The summed E-state index contributed by atoms with van der Waals surface area (Å²) in [6.07, 6.45) is 1.60. The molecule has 3 amide bonds. The van der Waals surface area contributed by atoms with Gasteiger partial charge in [-0.3, -0.25) is 10.1 Å². The summed E-state index contributed by atoms with van der Waals surface area (Å²) in [5.74, 6) is 0.130. The number of carbonyl (C=O) groups is 2. The predicted octanol–water partition coefficient (Wildman–Crippen LogP) is 2.33. The maximum absolute atomic E-state index is 12.5. The fourth-order valence-electron chi connectivity index (χ4n) is 2.94. The summed E-state index contributed by atoms with van der Waals surface area (Å²) < 4.78 is 0. The highest BCUT2D eigenvalue weighted by Gasteiger charge is 2.29. The molecule has 1 unspecified atom stereocenters. The van der Waals surface area contributed by atoms with Crippen LogP contribution in [-0.2, 0) is 4.79 Å². The third kappa shape index (κ3) is 3.67. The number of hydrogen-bond donors (Lipinski definition) is 3. The SMILES string of the molecule is CC(C)NC(=O)N1CCCC(C(=O)Nc2nc3ccccc3[nH]2)C1. The maximum Gasteiger partial charge on any atom is 0.317 e. The molecule has 1 fully saturated rings. The molecule has 1 aromatic carbocycles. The summed E-state index contributed by atoms with van der Waals surface area (Å²) in [7, 11) is 0. The van der Waals surface area contributed by atoms with E-state index in [-0.39, 0.29) is 23.9 Å². The van der Waals surface area contributed by atoms with Crippen LogP contribution in [0, 0.1) is 5.92 Å². The zero-order valence-corrected chi connectivity index (χ0v) is 14.0. The van der Waals surface area contributed by atoms with Crippen LogP contribution in [-0.4, -0.2) is 45.9 Å². The highest BCUT2D eigenvalue weighted by molar-refractivity contribution is 5.93. The molecule has 1 atom stereocenters. The number of amides is 3. The van der Waals surface area contributed by atoms with Crippen LogP contribution >= 0.6 is 0 Å². The molecule has 24 heavy (non-hydrogen) atoms. The number of benzene rings is 1. The molecule has 1 aromatic heterocycles. The lowest BCUT2D eigenvalue weighted by atomic mass is 9.97. The van der Waals surface area contributed by atoms with E-state index in [1.54, 1.807) is 4.90 Å². The monoisotopic (exact) mass is 329 g/mol. The number of anilines is 1. The number of aromatic amines is 1. The Bertz CT molecular complexity index is 706. The number of para-hydroxylation sites is 2. The zero-order chi connectivity index (χ0) is 17.1. The number of hydrogen-bond acceptors (Lipinski definition) is 3. The van der Waals surface area contributed by atoms with Crippen LogP contribution in [0.5, 0.6) is 0 Å². The van der Waals surface area contributed by atoms with E-state index in [0.717, 1.165) is 23.9 Å². The summed E-state index contributed by atoms with van der Waals surface area (Å²) in [5, 5.41) is 5.71. The highest BCUT2D eigenvalue weighted by atomic mass is 16.2. The minimum absolute atomic E-state index is 0.0854. The van der Waals surface area contributed by atoms with Gasteiger partial charge in [-0.25, -0.2) is 9.78 Å². The second kappa shape index (κ2) is 6.90. The number of carbonyl (C=O) groups excluding carboxylic acids is 2. The van der Waals surface area contributed by atoms with Crippen LogP contribution in [0.2, 0.25) is 0 Å². The van der Waals surface area contributed by atoms with E-state index < -0.39 is 0 Å². The molecule has 1 saturated heterocycles. The Morgan fingerprint density at radius 1 is 1.33 bits per heavy atom. The first-order valence-corrected chi connectivity index (χ1v) is 8.34. The molecule has 0 bridgehead atoms. The van der Waals surface area contributed by atoms with Crippen LogP contribution < -0.4 is 10.6 Å². The second-order valence-electron chi connectivity index (χ2n) is 6.48. The standard InChI is InChI=1S/C17H23N5O2/c1-11(2)18-17(24)22-9-5-6-12(10-22)15(23)21-16-19-13-7-3-4-8-14(13)20-16/h3-4,7-8,11-12H,5-6,9-10H2,1-2H3,(H,18,24)(H2,19,20,21,23). The molecule has 7 nitrogen and oxygen atoms in total. The lowest BCUT2D eigenvalue weighted by Crippen LogP contribution is -2.49. The number of urea groups is 1. The molecule has 128 valence electrons. The molecule has 1 aliphatic heterocycles. The van der Waals surface area contributed by atoms with E-state index in [1.165, 1.54) is 0 Å². The normalized spacial score (nSPS) is 18.0. The highest BCUT2D eigenvalue weighted by Crippen LogP contribution is 2.19. The van der Waals surface area contributed by atoms with Gasteiger partial charge in [0.15, 0.2) is 0 Å². The predicted molar refractivity (Wildman–Crippen MR) is 92.7 cm³/mol. The Labute approximate surface area is 140 Å². The van der Waals surface area contributed by atoms with Gasteiger partial charge in [-0.1, -0.05) is 12.1 Å². The average molecular weight is 329 g/mol. The van der Waals surface area contributed by atoms with Crippen molar-refractivity contribution in [1.29, 1.82) is 0 Å². The third-order valence-corrected chi connectivity index (χ3v) is 4.12. The van der Waals surface area contributed by atoms with E-state index in [0.29, 0.717) is 19.0 Å². The molecule has 2 heterocycles. The Morgan fingerprint density at radius 2 is 2.12 bits per heavy atom. The van der Waals surface area contributed by atoms with Gasteiger partial charge in [0.2, 0.25) is 11.9 Å². The molecule has 0 aliphatic carbocycles. The van der Waals surface area contributed by atoms with Gasteiger partial charge in [0, 0.05) is 19.1 Å². The number of likely N-dealkylation sites (tertiary alicyclic amines) is 1. The largest absolute Gasteiger partial charge is 0.336 e. The zero-order valence-electron chi connectivity index (χ0n) is 14.0. The molecular weight excluding hydrogens is 306 g/mol. The molecule has 2 aromatic rings. The molecule has 3 rings (SSSR count). The van der Waals surface area contributed by atoms with Gasteiger partial charge in [-0.15, -0.1) is 0 Å². The van der Waals surface area contributed by atoms with Crippen LogP contribution in [0.3, 0.4) is 0 Å². The lowest BCUT2D eigenvalue weighted by Gasteiger charge is -2.32. The fraction of sp³-hybridized carbons (Fsp3) is 0.471. The van der Waals surface area contributed by atoms with Crippen LogP contribution in [0.25, 0.3) is 11.0 Å². The lowest BCUT2D eigenvalue weighted by molar-refractivity contribution is -0.121. The minimum Gasteiger partial charge on any atom is -0.336 e. The van der Waals surface area contributed by atoms with Gasteiger partial charge >= 0.3 is 6.03 Å². The summed E-state index contributed by atoms with van der Waals surface area (Å²) in [6, 6.07) is 7.60. The summed E-state index contributed by atoms with van der Waals surface area (Å²) in [4.78, 5) is 33.8. The number of H-pyrrole nitrogens is 1. The second-order valence-corrected chi connectivity index (χ2v) is 6.48. The Balaban J connectivity index is 1.62. The van der Waals surface area contributed by atoms with Gasteiger partial charge in [0.25, 0.3) is 0 Å². The van der Waals surface area contributed by atoms with Crippen molar-refractivity contribution < 1.29 is 9.59 Å². The van der Waals surface area contributed by atoms with Crippen molar-refractivity contribution in [3.8, 4) is 0 Å². The van der Waals surface area contributed by atoms with Gasteiger partial charge in [-0.2, -0.15) is 0 Å². The van der Waals surface area contributed by atoms with E-state index in [1.807, 2.05) is 38.1 Å². The fourth-order valence-corrected chi connectivity index (χ4v) is 2.94. The molecule has 3 N–H and O–H groups in total. The van der Waals surface area contributed by atoms with Crippen molar-refractivity contribution in [3.63, 3.8) is 0 Å². The van der Waals surface area contributed by atoms with Crippen molar-refractivity contribution in [3.05, 3.63) is 24.3 Å². The number of imidazole rings is 1. The summed E-state index contributed by atoms with van der Waals surface area (Å²) in [6.45, 7) is 4.97. The third-order valence-electron chi connectivity index (χ3n) is 4.12. The van der Waals surface area contributed by atoms with Crippen LogP contribution in [0.4, 0.5) is 10.7 Å². The molecular formula is C17H23N5O2. The van der Waals surface area contributed by atoms with Gasteiger partial charge in [0.05, 0.1) is 17.0 Å². The quantitative estimate of drug-likeness (QED) is 0.807. The Hall–Kier alpha value is -2.57. The van der Waals surface area contributed by atoms with Crippen molar-refractivity contribution in [2.75, 3.05) is 18.4 Å². The molecule has 0 spiro atoms. The van der Waals surface area contributed by atoms with Gasteiger partial charge < -0.3 is 15.2 Å². The van der Waals surface area contributed by atoms with Crippen molar-refractivity contribution in [2.24, 2.45) is 5.92 Å². The van der Waals surface area contributed by atoms with Crippen molar-refractivity contribution in [1.82, 2.24) is 20.2 Å². The van der Waals surface area contributed by atoms with E-state index in [2.05, 4.69) is 20.6 Å². The smallest absolute Gasteiger partial charge is 0.317 e. The molecule has 0 radical (unpaired) electrons. The van der Waals surface area contributed by atoms with Crippen LogP contribution in [0.15, 0.2) is 24.3 Å². The maximum atomic E-state index is 12.5. The van der Waals surface area contributed by atoms with E-state index in [4.69, 9.17) is 0 Å². The number of piperidine rings is 1. The van der Waals surface area contributed by atoms with Crippen molar-refractivity contribution in [2.45, 2.75) is 32.7 Å². The van der Waals surface area contributed by atoms with Gasteiger partial charge in [-0.05, 0) is 38.8 Å². The topological polar surface area (TPSA) is 90.1 Å². The molecule has 1 aliphatic rings.